The molecule has 3 aromatic rings. The van der Waals surface area contributed by atoms with Gasteiger partial charge in [0, 0.05) is 17.1 Å². The first-order chi connectivity index (χ1) is 16.5. The molecule has 7 nitrogen and oxygen atoms in total. The molecule has 0 bridgehead atoms. The SMILES string of the molecule is COC(=O)c1ccc(CN2C(=O)S/C(=C/c3cc(C)n(-c4ccc(C(C)(C)C)cc4)c3C)C2=O)o1. The van der Waals surface area contributed by atoms with Crippen LogP contribution < -0.4 is 0 Å². The molecule has 8 heteroatoms. The van der Waals surface area contributed by atoms with E-state index in [4.69, 9.17) is 4.42 Å². The van der Waals surface area contributed by atoms with Crippen molar-refractivity contribution in [2.24, 2.45) is 0 Å². The van der Waals surface area contributed by atoms with Gasteiger partial charge in [0.15, 0.2) is 0 Å². The Bertz CT molecular complexity index is 1340. The second kappa shape index (κ2) is 9.26. The predicted octanol–water partition coefficient (Wildman–Crippen LogP) is 6.01. The minimum absolute atomic E-state index is 0.0213. The van der Waals surface area contributed by atoms with Gasteiger partial charge in [0.2, 0.25) is 5.76 Å². The monoisotopic (exact) mass is 492 g/mol. The van der Waals surface area contributed by atoms with Crippen molar-refractivity contribution in [3.63, 3.8) is 0 Å². The lowest BCUT2D eigenvalue weighted by Gasteiger charge is -2.20. The number of hydrogen-bond donors (Lipinski definition) is 0. The van der Waals surface area contributed by atoms with Crippen molar-refractivity contribution in [1.29, 1.82) is 0 Å². The molecular formula is C27H28N2O5S. The van der Waals surface area contributed by atoms with Crippen LogP contribution in [0.15, 0.2) is 51.8 Å². The Hall–Kier alpha value is -3.52. The van der Waals surface area contributed by atoms with E-state index in [-0.39, 0.29) is 23.0 Å². The van der Waals surface area contributed by atoms with E-state index in [2.05, 4.69) is 54.3 Å². The van der Waals surface area contributed by atoms with E-state index in [0.717, 1.165) is 39.3 Å². The van der Waals surface area contributed by atoms with Gasteiger partial charge in [-0.1, -0.05) is 32.9 Å². The third-order valence-corrected chi connectivity index (χ3v) is 6.89. The van der Waals surface area contributed by atoms with Crippen molar-refractivity contribution >= 4 is 35.0 Å². The second-order valence-corrected chi connectivity index (χ2v) is 10.5. The highest BCUT2D eigenvalue weighted by atomic mass is 32.2. The molecule has 0 saturated carbocycles. The maximum atomic E-state index is 13.0. The summed E-state index contributed by atoms with van der Waals surface area (Å²) in [6.07, 6.45) is 1.76. The number of benzene rings is 1. The second-order valence-electron chi connectivity index (χ2n) is 9.48. The Labute approximate surface area is 208 Å². The van der Waals surface area contributed by atoms with Crippen LogP contribution in [-0.2, 0) is 21.5 Å². The summed E-state index contributed by atoms with van der Waals surface area (Å²) in [5.74, 6) is -0.664. The minimum atomic E-state index is -0.617. The van der Waals surface area contributed by atoms with E-state index in [1.54, 1.807) is 12.1 Å². The molecule has 0 radical (unpaired) electrons. The molecule has 2 amide bonds. The molecule has 1 saturated heterocycles. The lowest BCUT2D eigenvalue weighted by atomic mass is 9.87. The first-order valence-electron chi connectivity index (χ1n) is 11.2. The molecule has 182 valence electrons. The maximum absolute atomic E-state index is 13.0. The zero-order chi connectivity index (χ0) is 25.5. The Morgan fingerprint density at radius 1 is 1.09 bits per heavy atom. The van der Waals surface area contributed by atoms with Gasteiger partial charge in [0.05, 0.1) is 18.6 Å². The largest absolute Gasteiger partial charge is 0.463 e. The smallest absolute Gasteiger partial charge is 0.373 e. The fourth-order valence-electron chi connectivity index (χ4n) is 4.05. The summed E-state index contributed by atoms with van der Waals surface area (Å²) in [6, 6.07) is 13.5. The van der Waals surface area contributed by atoms with E-state index in [1.807, 2.05) is 19.9 Å². The van der Waals surface area contributed by atoms with Crippen LogP contribution in [0, 0.1) is 13.8 Å². The van der Waals surface area contributed by atoms with Crippen molar-refractivity contribution in [3.05, 3.63) is 81.4 Å². The number of aromatic nitrogens is 1. The standard InChI is InChI=1S/C27H28N2O5S/c1-16-13-18(17(2)29(16)20-9-7-19(8-10-20)27(3,4)5)14-23-24(30)28(26(32)35-23)15-21-11-12-22(34-21)25(31)33-6/h7-14H,15H2,1-6H3/b23-14+. The number of thioether (sulfide) groups is 1. The van der Waals surface area contributed by atoms with E-state index >= 15 is 0 Å². The van der Waals surface area contributed by atoms with Crippen LogP contribution in [0.3, 0.4) is 0 Å². The summed E-state index contributed by atoms with van der Waals surface area (Å²) in [6.45, 7) is 10.5. The van der Waals surface area contributed by atoms with Crippen molar-refractivity contribution < 1.29 is 23.5 Å². The van der Waals surface area contributed by atoms with E-state index in [1.165, 1.54) is 18.7 Å². The molecule has 0 spiro atoms. The number of furan rings is 1. The van der Waals surface area contributed by atoms with Crippen LogP contribution in [0.4, 0.5) is 4.79 Å². The molecule has 1 aromatic carbocycles. The molecule has 2 aromatic heterocycles. The van der Waals surface area contributed by atoms with Crippen molar-refractivity contribution in [3.8, 4) is 5.69 Å². The highest BCUT2D eigenvalue weighted by molar-refractivity contribution is 8.18. The summed E-state index contributed by atoms with van der Waals surface area (Å²) >= 11 is 0.894. The molecule has 0 unspecified atom stereocenters. The van der Waals surface area contributed by atoms with Crippen LogP contribution in [0.25, 0.3) is 11.8 Å². The Kier molecular flexibility index (Phi) is 6.51. The number of nitrogens with zero attached hydrogens (tertiary/aromatic N) is 2. The molecule has 1 fully saturated rings. The van der Waals surface area contributed by atoms with Crippen LogP contribution in [0.1, 0.15) is 59.6 Å². The quantitative estimate of drug-likeness (QED) is 0.321. The first kappa shape index (κ1) is 24.6. The van der Waals surface area contributed by atoms with Crippen molar-refractivity contribution in [1.82, 2.24) is 9.47 Å². The Balaban J connectivity index is 1.57. The Morgan fingerprint density at radius 2 is 1.77 bits per heavy atom. The van der Waals surface area contributed by atoms with Gasteiger partial charge in [0.25, 0.3) is 11.1 Å². The van der Waals surface area contributed by atoms with Gasteiger partial charge in [-0.3, -0.25) is 14.5 Å². The van der Waals surface area contributed by atoms with Crippen LogP contribution in [0.2, 0.25) is 0 Å². The van der Waals surface area contributed by atoms with Gasteiger partial charge in [-0.2, -0.15) is 0 Å². The van der Waals surface area contributed by atoms with Crippen molar-refractivity contribution in [2.45, 2.75) is 46.6 Å². The van der Waals surface area contributed by atoms with Crippen molar-refractivity contribution in [2.75, 3.05) is 7.11 Å². The lowest BCUT2D eigenvalue weighted by Crippen LogP contribution is -2.27. The number of imide groups is 1. The van der Waals surface area contributed by atoms with Gasteiger partial charge in [0.1, 0.15) is 5.76 Å². The molecule has 4 rings (SSSR count). The number of rotatable bonds is 5. The topological polar surface area (TPSA) is 81.8 Å². The van der Waals surface area contributed by atoms with Gasteiger partial charge < -0.3 is 13.7 Å². The number of aryl methyl sites for hydroxylation is 1. The predicted molar refractivity (Wildman–Crippen MR) is 136 cm³/mol. The fourth-order valence-corrected chi connectivity index (χ4v) is 4.88. The summed E-state index contributed by atoms with van der Waals surface area (Å²) < 4.78 is 12.2. The summed E-state index contributed by atoms with van der Waals surface area (Å²) in [5, 5.41) is -0.385. The molecule has 0 atom stereocenters. The number of methoxy groups -OCH3 is 1. The van der Waals surface area contributed by atoms with Gasteiger partial charge in [-0.15, -0.1) is 0 Å². The highest BCUT2D eigenvalue weighted by Gasteiger charge is 2.36. The zero-order valence-electron chi connectivity index (χ0n) is 20.7. The van der Waals surface area contributed by atoms with E-state index < -0.39 is 11.9 Å². The summed E-state index contributed by atoms with van der Waals surface area (Å²) in [5.41, 5.74) is 5.25. The Morgan fingerprint density at radius 3 is 2.40 bits per heavy atom. The number of hydrogen-bond acceptors (Lipinski definition) is 6. The summed E-state index contributed by atoms with van der Waals surface area (Å²) in [4.78, 5) is 38.6. The molecular weight excluding hydrogens is 464 g/mol. The maximum Gasteiger partial charge on any atom is 0.373 e. The molecule has 1 aliphatic rings. The minimum Gasteiger partial charge on any atom is -0.463 e. The highest BCUT2D eigenvalue weighted by Crippen LogP contribution is 2.35. The molecule has 0 aliphatic carbocycles. The number of esters is 1. The van der Waals surface area contributed by atoms with E-state index in [9.17, 15) is 14.4 Å². The third-order valence-electron chi connectivity index (χ3n) is 5.98. The van der Waals surface area contributed by atoms with Gasteiger partial charge in [-0.25, -0.2) is 4.79 Å². The normalized spacial score (nSPS) is 15.4. The third kappa shape index (κ3) is 4.84. The summed E-state index contributed by atoms with van der Waals surface area (Å²) in [7, 11) is 1.25. The zero-order valence-corrected chi connectivity index (χ0v) is 21.5. The number of ether oxygens (including phenoxy) is 1. The van der Waals surface area contributed by atoms with E-state index in [0.29, 0.717) is 10.7 Å². The number of amides is 2. The van der Waals surface area contributed by atoms with Crippen LogP contribution >= 0.6 is 11.8 Å². The van der Waals surface area contributed by atoms with Gasteiger partial charge >= 0.3 is 5.97 Å². The lowest BCUT2D eigenvalue weighted by molar-refractivity contribution is -0.123. The first-order valence-corrected chi connectivity index (χ1v) is 12.0. The van der Waals surface area contributed by atoms with Crippen LogP contribution in [-0.4, -0.2) is 33.7 Å². The fraction of sp³-hybridized carbons (Fsp3) is 0.296. The average molecular weight is 493 g/mol. The van der Waals surface area contributed by atoms with Crippen LogP contribution in [0.5, 0.6) is 0 Å². The molecule has 35 heavy (non-hydrogen) atoms. The molecule has 3 heterocycles. The average Bonchev–Trinajstić information content (AvgIpc) is 3.46. The number of carbonyl (C=O) groups excluding carboxylic acids is 3. The number of carbonyl (C=O) groups is 3. The van der Waals surface area contributed by atoms with Gasteiger partial charge in [-0.05, 0) is 78.6 Å². The molecule has 0 N–H and O–H groups in total. The molecule has 1 aliphatic heterocycles.